The average molecular weight is 234 g/mol. The van der Waals surface area contributed by atoms with Crippen LogP contribution >= 0.6 is 11.3 Å². The maximum absolute atomic E-state index is 11.6. The highest BCUT2D eigenvalue weighted by Gasteiger charge is 2.10. The molecule has 1 aromatic rings. The zero-order valence-corrected chi connectivity index (χ0v) is 10.4. The number of carbonyl (C=O) groups excluding carboxylic acids is 1. The smallest absolute Gasteiger partial charge is 0.262 e. The molecule has 0 bridgehead atoms. The van der Waals surface area contributed by atoms with E-state index in [2.05, 4.69) is 5.32 Å². The first kappa shape index (κ1) is 12.5. The zero-order chi connectivity index (χ0) is 12.1. The first-order valence-electron chi connectivity index (χ1n) is 5.02. The van der Waals surface area contributed by atoms with E-state index in [1.165, 1.54) is 0 Å². The van der Waals surface area contributed by atoms with Crippen LogP contribution in [0.4, 0.5) is 0 Å². The van der Waals surface area contributed by atoms with Gasteiger partial charge >= 0.3 is 0 Å². The predicted molar refractivity (Wildman–Crippen MR) is 65.9 cm³/mol. The Labute approximate surface area is 99.4 Å². The summed E-state index contributed by atoms with van der Waals surface area (Å²) >= 11 is 1.56. The standard InChI is InChI=1S/C12H14N2OS/c1-8(2)14-12(15)10(7-13)6-11-5-4-9(3)16-11/h4-6,8H,1-3H3,(H,14,15)/b10-6+. The molecule has 0 aliphatic carbocycles. The molecule has 0 radical (unpaired) electrons. The Morgan fingerprint density at radius 2 is 2.25 bits per heavy atom. The Morgan fingerprint density at radius 3 is 2.69 bits per heavy atom. The van der Waals surface area contributed by atoms with E-state index in [0.717, 1.165) is 9.75 Å². The molecule has 0 fully saturated rings. The van der Waals surface area contributed by atoms with Gasteiger partial charge in [0, 0.05) is 15.8 Å². The number of aryl methyl sites for hydroxylation is 1. The lowest BCUT2D eigenvalue weighted by Gasteiger charge is -2.06. The summed E-state index contributed by atoms with van der Waals surface area (Å²) in [5, 5.41) is 11.6. The fourth-order valence-electron chi connectivity index (χ4n) is 1.16. The molecule has 0 spiro atoms. The van der Waals surface area contributed by atoms with Crippen molar-refractivity contribution in [3.63, 3.8) is 0 Å². The van der Waals surface area contributed by atoms with Gasteiger partial charge in [0.05, 0.1) is 0 Å². The van der Waals surface area contributed by atoms with E-state index in [0.29, 0.717) is 0 Å². The van der Waals surface area contributed by atoms with Gasteiger partial charge in [-0.15, -0.1) is 11.3 Å². The van der Waals surface area contributed by atoms with Crippen molar-refractivity contribution in [3.8, 4) is 6.07 Å². The molecule has 3 nitrogen and oxygen atoms in total. The second kappa shape index (κ2) is 5.47. The van der Waals surface area contributed by atoms with Crippen LogP contribution in [0.3, 0.4) is 0 Å². The van der Waals surface area contributed by atoms with E-state index >= 15 is 0 Å². The molecule has 0 atom stereocenters. The molecule has 0 saturated carbocycles. The van der Waals surface area contributed by atoms with Crippen molar-refractivity contribution < 1.29 is 4.79 Å². The third-order valence-electron chi connectivity index (χ3n) is 1.83. The maximum atomic E-state index is 11.6. The molecule has 1 amide bonds. The van der Waals surface area contributed by atoms with E-state index in [1.807, 2.05) is 39.0 Å². The summed E-state index contributed by atoms with van der Waals surface area (Å²) in [5.41, 5.74) is 0.149. The maximum Gasteiger partial charge on any atom is 0.262 e. The van der Waals surface area contributed by atoms with Gasteiger partial charge in [0.25, 0.3) is 5.91 Å². The topological polar surface area (TPSA) is 52.9 Å². The third kappa shape index (κ3) is 3.52. The van der Waals surface area contributed by atoms with Crippen molar-refractivity contribution in [2.45, 2.75) is 26.8 Å². The molecule has 0 aliphatic rings. The van der Waals surface area contributed by atoms with Crippen LogP contribution in [0.15, 0.2) is 17.7 Å². The number of amides is 1. The monoisotopic (exact) mass is 234 g/mol. The Kier molecular flexibility index (Phi) is 4.27. The van der Waals surface area contributed by atoms with Crippen LogP contribution in [0, 0.1) is 18.3 Å². The highest BCUT2D eigenvalue weighted by atomic mass is 32.1. The Bertz CT molecular complexity index is 452. The number of nitrogens with one attached hydrogen (secondary N) is 1. The number of nitriles is 1. The van der Waals surface area contributed by atoms with Gasteiger partial charge in [0.1, 0.15) is 11.6 Å². The van der Waals surface area contributed by atoms with Crippen molar-refractivity contribution in [3.05, 3.63) is 27.5 Å². The molecular formula is C12H14N2OS. The quantitative estimate of drug-likeness (QED) is 0.645. The normalized spacial score (nSPS) is 11.3. The molecule has 84 valence electrons. The molecule has 1 N–H and O–H groups in total. The Balaban J connectivity index is 2.87. The lowest BCUT2D eigenvalue weighted by atomic mass is 10.2. The van der Waals surface area contributed by atoms with E-state index in [4.69, 9.17) is 5.26 Å². The number of thiophene rings is 1. The molecule has 1 rings (SSSR count). The first-order chi connectivity index (χ1) is 7.52. The molecule has 16 heavy (non-hydrogen) atoms. The second-order valence-electron chi connectivity index (χ2n) is 3.75. The highest BCUT2D eigenvalue weighted by Crippen LogP contribution is 2.18. The molecule has 1 aromatic heterocycles. The minimum Gasteiger partial charge on any atom is -0.349 e. The van der Waals surface area contributed by atoms with Crippen molar-refractivity contribution in [1.82, 2.24) is 5.32 Å². The van der Waals surface area contributed by atoms with Gasteiger partial charge in [-0.2, -0.15) is 5.26 Å². The molecule has 4 heteroatoms. The number of nitrogens with zero attached hydrogens (tertiary/aromatic N) is 1. The van der Waals surface area contributed by atoms with Crippen LogP contribution in [-0.4, -0.2) is 11.9 Å². The van der Waals surface area contributed by atoms with Crippen LogP contribution in [0.25, 0.3) is 6.08 Å². The van der Waals surface area contributed by atoms with Crippen molar-refractivity contribution >= 4 is 23.3 Å². The van der Waals surface area contributed by atoms with E-state index in [1.54, 1.807) is 17.4 Å². The van der Waals surface area contributed by atoms with Crippen LogP contribution < -0.4 is 5.32 Å². The number of hydrogen-bond acceptors (Lipinski definition) is 3. The van der Waals surface area contributed by atoms with Crippen molar-refractivity contribution in [2.24, 2.45) is 0 Å². The SMILES string of the molecule is Cc1ccc(/C=C(\C#N)C(=O)NC(C)C)s1. The van der Waals surface area contributed by atoms with Gasteiger partial charge in [-0.1, -0.05) is 0 Å². The van der Waals surface area contributed by atoms with Crippen molar-refractivity contribution in [1.29, 1.82) is 5.26 Å². The second-order valence-corrected chi connectivity index (χ2v) is 5.07. The number of carbonyl (C=O) groups is 1. The minimum absolute atomic E-state index is 0.0364. The van der Waals surface area contributed by atoms with Crippen molar-refractivity contribution in [2.75, 3.05) is 0 Å². The van der Waals surface area contributed by atoms with Crippen LogP contribution in [-0.2, 0) is 4.79 Å². The summed E-state index contributed by atoms with van der Waals surface area (Å²) in [6, 6.07) is 5.82. The summed E-state index contributed by atoms with van der Waals surface area (Å²) in [4.78, 5) is 13.7. The molecule has 0 aromatic carbocycles. The molecule has 0 unspecified atom stereocenters. The molecule has 0 saturated heterocycles. The van der Waals surface area contributed by atoms with E-state index in [9.17, 15) is 4.79 Å². The minimum atomic E-state index is -0.316. The summed E-state index contributed by atoms with van der Waals surface area (Å²) in [7, 11) is 0. The summed E-state index contributed by atoms with van der Waals surface area (Å²) in [6.45, 7) is 5.71. The molecule has 1 heterocycles. The third-order valence-corrected chi connectivity index (χ3v) is 2.78. The van der Waals surface area contributed by atoms with Gasteiger partial charge in [-0.25, -0.2) is 0 Å². The van der Waals surface area contributed by atoms with Gasteiger partial charge in [-0.3, -0.25) is 4.79 Å². The lowest BCUT2D eigenvalue weighted by molar-refractivity contribution is -0.117. The summed E-state index contributed by atoms with van der Waals surface area (Å²) in [6.07, 6.45) is 1.62. The fraction of sp³-hybridized carbons (Fsp3) is 0.333. The summed E-state index contributed by atoms with van der Waals surface area (Å²) < 4.78 is 0. The van der Waals surface area contributed by atoms with E-state index < -0.39 is 0 Å². The van der Waals surface area contributed by atoms with Gasteiger partial charge in [0.2, 0.25) is 0 Å². The fourth-order valence-corrected chi connectivity index (χ4v) is 1.98. The lowest BCUT2D eigenvalue weighted by Crippen LogP contribution is -2.30. The van der Waals surface area contributed by atoms with Crippen LogP contribution in [0.2, 0.25) is 0 Å². The van der Waals surface area contributed by atoms with Gasteiger partial charge in [-0.05, 0) is 39.0 Å². The highest BCUT2D eigenvalue weighted by molar-refractivity contribution is 7.12. The van der Waals surface area contributed by atoms with Gasteiger partial charge in [0.15, 0.2) is 0 Å². The zero-order valence-electron chi connectivity index (χ0n) is 9.57. The van der Waals surface area contributed by atoms with Crippen LogP contribution in [0.1, 0.15) is 23.6 Å². The number of hydrogen-bond donors (Lipinski definition) is 1. The summed E-state index contributed by atoms with van der Waals surface area (Å²) in [5.74, 6) is -0.316. The predicted octanol–water partition coefficient (Wildman–Crippen LogP) is 2.49. The number of rotatable bonds is 3. The van der Waals surface area contributed by atoms with Gasteiger partial charge < -0.3 is 5.32 Å². The molecule has 0 aliphatic heterocycles. The Morgan fingerprint density at radius 1 is 1.56 bits per heavy atom. The van der Waals surface area contributed by atoms with E-state index in [-0.39, 0.29) is 17.5 Å². The largest absolute Gasteiger partial charge is 0.349 e. The van der Waals surface area contributed by atoms with Crippen LogP contribution in [0.5, 0.6) is 0 Å². The molecular weight excluding hydrogens is 220 g/mol. The first-order valence-corrected chi connectivity index (χ1v) is 5.83. The Hall–Kier alpha value is -1.60. The average Bonchev–Trinajstić information content (AvgIpc) is 2.59.